The van der Waals surface area contributed by atoms with E-state index in [9.17, 15) is 4.21 Å². The van der Waals surface area contributed by atoms with Crippen LogP contribution < -0.4 is 0 Å². The van der Waals surface area contributed by atoms with E-state index in [-0.39, 0.29) is 0 Å². The molecular formula is C22H44OS. The molecule has 1 rings (SSSR count). The van der Waals surface area contributed by atoms with Gasteiger partial charge in [-0.25, -0.2) is 0 Å². The van der Waals surface area contributed by atoms with Gasteiger partial charge in [-0.1, -0.05) is 91.9 Å². The van der Waals surface area contributed by atoms with Crippen molar-refractivity contribution in [2.75, 3.05) is 5.75 Å². The monoisotopic (exact) mass is 356 g/mol. The molecule has 1 nitrogen and oxygen atoms in total. The molecule has 0 bridgehead atoms. The van der Waals surface area contributed by atoms with Crippen LogP contribution in [0.5, 0.6) is 0 Å². The number of unbranched alkanes of at least 4 members (excludes halogenated alkanes) is 9. The van der Waals surface area contributed by atoms with Crippen molar-refractivity contribution < 1.29 is 4.21 Å². The van der Waals surface area contributed by atoms with E-state index in [4.69, 9.17) is 0 Å². The molecule has 0 spiro atoms. The Balaban J connectivity index is 2.05. The Morgan fingerprint density at radius 3 is 2.04 bits per heavy atom. The van der Waals surface area contributed by atoms with E-state index in [0.717, 1.165) is 11.7 Å². The van der Waals surface area contributed by atoms with Crippen molar-refractivity contribution in [3.05, 3.63) is 0 Å². The molecule has 0 aromatic heterocycles. The Morgan fingerprint density at radius 2 is 1.50 bits per heavy atom. The first-order chi connectivity index (χ1) is 11.5. The van der Waals surface area contributed by atoms with Crippen LogP contribution in [0.15, 0.2) is 0 Å². The zero-order valence-corrected chi connectivity index (χ0v) is 17.9. The molecule has 1 fully saturated rings. The molecule has 3 atom stereocenters. The van der Waals surface area contributed by atoms with Gasteiger partial charge in [0.25, 0.3) is 0 Å². The number of rotatable bonds is 13. The first-order valence-electron chi connectivity index (χ1n) is 10.9. The predicted octanol–water partition coefficient (Wildman–Crippen LogP) is 7.26. The lowest BCUT2D eigenvalue weighted by Crippen LogP contribution is -2.35. The highest BCUT2D eigenvalue weighted by Gasteiger charge is 2.36. The van der Waals surface area contributed by atoms with Crippen LogP contribution in [0.1, 0.15) is 118 Å². The van der Waals surface area contributed by atoms with Crippen LogP contribution in [-0.4, -0.2) is 15.2 Å². The molecule has 0 heterocycles. The maximum Gasteiger partial charge on any atom is 0.0353 e. The third kappa shape index (κ3) is 8.50. The highest BCUT2D eigenvalue weighted by molar-refractivity contribution is 7.85. The lowest BCUT2D eigenvalue weighted by molar-refractivity contribution is 0.146. The summed E-state index contributed by atoms with van der Waals surface area (Å²) in [6.07, 6.45) is 18.6. The van der Waals surface area contributed by atoms with Crippen LogP contribution in [0.2, 0.25) is 0 Å². The van der Waals surface area contributed by atoms with Gasteiger partial charge in [-0.2, -0.15) is 0 Å². The molecule has 1 aliphatic carbocycles. The highest BCUT2D eigenvalue weighted by atomic mass is 32.2. The zero-order chi connectivity index (χ0) is 17.8. The molecular weight excluding hydrogens is 312 g/mol. The Labute approximate surface area is 155 Å². The van der Waals surface area contributed by atoms with E-state index in [0.29, 0.717) is 10.7 Å². The van der Waals surface area contributed by atoms with Crippen molar-refractivity contribution in [1.29, 1.82) is 0 Å². The summed E-state index contributed by atoms with van der Waals surface area (Å²) in [5.41, 5.74) is 0.427. The van der Waals surface area contributed by atoms with Gasteiger partial charge >= 0.3 is 0 Å². The molecule has 0 N–H and O–H groups in total. The average molecular weight is 357 g/mol. The summed E-state index contributed by atoms with van der Waals surface area (Å²) in [4.78, 5) is 0. The lowest BCUT2D eigenvalue weighted by Gasteiger charge is -2.41. The van der Waals surface area contributed by atoms with Crippen LogP contribution in [-0.2, 0) is 10.8 Å². The minimum atomic E-state index is -0.582. The Bertz CT molecular complexity index is 339. The summed E-state index contributed by atoms with van der Waals surface area (Å²) in [5.74, 6) is 1.67. The van der Waals surface area contributed by atoms with Gasteiger partial charge in [0.05, 0.1) is 0 Å². The molecule has 1 saturated carbocycles. The fourth-order valence-electron chi connectivity index (χ4n) is 4.10. The van der Waals surface area contributed by atoms with Crippen molar-refractivity contribution >= 4 is 10.8 Å². The zero-order valence-electron chi connectivity index (χ0n) is 17.1. The van der Waals surface area contributed by atoms with Crippen LogP contribution >= 0.6 is 0 Å². The minimum Gasteiger partial charge on any atom is -0.259 e. The minimum absolute atomic E-state index is 0.427. The summed E-state index contributed by atoms with van der Waals surface area (Å²) < 4.78 is 12.7. The van der Waals surface area contributed by atoms with Gasteiger partial charge in [-0.05, 0) is 37.0 Å². The fourth-order valence-corrected chi connectivity index (χ4v) is 5.92. The van der Waals surface area contributed by atoms with Crippen molar-refractivity contribution in [2.45, 2.75) is 123 Å². The molecule has 0 aromatic rings. The first kappa shape index (κ1) is 22.2. The highest BCUT2D eigenvalue weighted by Crippen LogP contribution is 2.43. The quantitative estimate of drug-likeness (QED) is 0.317. The van der Waals surface area contributed by atoms with Gasteiger partial charge in [-0.15, -0.1) is 0 Å². The van der Waals surface area contributed by atoms with E-state index in [1.807, 2.05) is 0 Å². The van der Waals surface area contributed by atoms with Crippen LogP contribution in [0.25, 0.3) is 0 Å². The maximum atomic E-state index is 12.7. The van der Waals surface area contributed by atoms with Crippen molar-refractivity contribution in [2.24, 2.45) is 11.3 Å². The Kier molecular flexibility index (Phi) is 11.6. The van der Waals surface area contributed by atoms with Gasteiger partial charge in [0, 0.05) is 21.8 Å². The average Bonchev–Trinajstić information content (AvgIpc) is 2.56. The molecule has 0 aliphatic heterocycles. The van der Waals surface area contributed by atoms with E-state index in [2.05, 4.69) is 27.7 Å². The van der Waals surface area contributed by atoms with Crippen LogP contribution in [0.4, 0.5) is 0 Å². The van der Waals surface area contributed by atoms with E-state index in [1.165, 1.54) is 89.9 Å². The summed E-state index contributed by atoms with van der Waals surface area (Å²) in [7, 11) is -0.582. The molecule has 3 unspecified atom stereocenters. The summed E-state index contributed by atoms with van der Waals surface area (Å²) in [6.45, 7) is 9.38. The molecule has 0 saturated heterocycles. The van der Waals surface area contributed by atoms with E-state index in [1.54, 1.807) is 0 Å². The second-order valence-electron chi connectivity index (χ2n) is 8.79. The van der Waals surface area contributed by atoms with Gasteiger partial charge in [0.2, 0.25) is 0 Å². The normalized spacial score (nSPS) is 26.0. The standard InChI is InChI=1S/C22H44OS/c1-5-6-7-8-9-10-11-12-13-14-18-24(23)21-16-15-17-22(4,19-21)20(2)3/h20-21H,5-19H2,1-4H3. The van der Waals surface area contributed by atoms with Crippen molar-refractivity contribution in [1.82, 2.24) is 0 Å². The molecule has 2 heteroatoms. The molecule has 1 aliphatic rings. The first-order valence-corrected chi connectivity index (χ1v) is 12.2. The molecule has 0 amide bonds. The third-order valence-electron chi connectivity index (χ3n) is 6.43. The van der Waals surface area contributed by atoms with Crippen molar-refractivity contribution in [3.8, 4) is 0 Å². The van der Waals surface area contributed by atoms with Gasteiger partial charge in [0.15, 0.2) is 0 Å². The molecule has 144 valence electrons. The summed E-state index contributed by atoms with van der Waals surface area (Å²) >= 11 is 0. The second kappa shape index (κ2) is 12.5. The second-order valence-corrected chi connectivity index (χ2v) is 10.6. The molecule has 0 aromatic carbocycles. The lowest BCUT2D eigenvalue weighted by atomic mass is 9.68. The predicted molar refractivity (Wildman–Crippen MR) is 110 cm³/mol. The van der Waals surface area contributed by atoms with Crippen LogP contribution in [0.3, 0.4) is 0 Å². The van der Waals surface area contributed by atoms with Crippen molar-refractivity contribution in [3.63, 3.8) is 0 Å². The molecule has 0 radical (unpaired) electrons. The SMILES string of the molecule is CCCCCCCCCCCCS(=O)C1CCCC(C)(C(C)C)C1. The third-order valence-corrected chi connectivity index (χ3v) is 8.27. The van der Waals surface area contributed by atoms with Gasteiger partial charge < -0.3 is 0 Å². The van der Waals surface area contributed by atoms with Gasteiger partial charge in [0.1, 0.15) is 0 Å². The Morgan fingerprint density at radius 1 is 0.958 bits per heavy atom. The fraction of sp³-hybridized carbons (Fsp3) is 1.00. The summed E-state index contributed by atoms with van der Waals surface area (Å²) in [6, 6.07) is 0. The van der Waals surface area contributed by atoms with E-state index >= 15 is 0 Å². The maximum absolute atomic E-state index is 12.7. The number of hydrogen-bond acceptors (Lipinski definition) is 1. The molecule has 24 heavy (non-hydrogen) atoms. The van der Waals surface area contributed by atoms with Crippen LogP contribution in [0, 0.1) is 11.3 Å². The van der Waals surface area contributed by atoms with Gasteiger partial charge in [-0.3, -0.25) is 4.21 Å². The summed E-state index contributed by atoms with van der Waals surface area (Å²) in [5, 5.41) is 0.477. The Hall–Kier alpha value is 0.150. The number of hydrogen-bond donors (Lipinski definition) is 0. The largest absolute Gasteiger partial charge is 0.259 e. The van der Waals surface area contributed by atoms with E-state index < -0.39 is 10.8 Å². The topological polar surface area (TPSA) is 17.1 Å². The smallest absolute Gasteiger partial charge is 0.0353 e.